The fraction of sp³-hybridized carbons (Fsp3) is 0.538. The fourth-order valence-corrected chi connectivity index (χ4v) is 2.47. The number of nitro groups is 2. The van der Waals surface area contributed by atoms with Gasteiger partial charge in [-0.1, -0.05) is 19.1 Å². The minimum absolute atomic E-state index is 0.0241. The van der Waals surface area contributed by atoms with Crippen molar-refractivity contribution in [3.05, 3.63) is 50.1 Å². The normalized spacial score (nSPS) is 22.9. The van der Waals surface area contributed by atoms with E-state index in [0.29, 0.717) is 25.4 Å². The number of hydrogen-bond acceptors (Lipinski definition) is 6. The zero-order chi connectivity index (χ0) is 15.5. The van der Waals surface area contributed by atoms with Crippen LogP contribution in [0.5, 0.6) is 0 Å². The van der Waals surface area contributed by atoms with Crippen LogP contribution in [-0.4, -0.2) is 46.7 Å². The third-order valence-electron chi connectivity index (χ3n) is 3.68. The molecule has 21 heavy (non-hydrogen) atoms. The van der Waals surface area contributed by atoms with Gasteiger partial charge in [0, 0.05) is 23.5 Å². The molecular weight excluding hydrogens is 278 g/mol. The number of nitrogens with zero attached hydrogens (tertiary/aromatic N) is 3. The summed E-state index contributed by atoms with van der Waals surface area (Å²) in [6, 6.07) is 5.86. The second kappa shape index (κ2) is 6.15. The van der Waals surface area contributed by atoms with E-state index in [9.17, 15) is 20.2 Å². The highest BCUT2D eigenvalue weighted by molar-refractivity contribution is 5.33. The molecule has 0 aliphatic carbocycles. The lowest BCUT2D eigenvalue weighted by Gasteiger charge is -2.35. The maximum atomic E-state index is 11.5. The molecule has 8 heteroatoms. The smallest absolute Gasteiger partial charge is 0.269 e. The molecule has 1 fully saturated rings. The minimum atomic E-state index is -1.20. The summed E-state index contributed by atoms with van der Waals surface area (Å²) >= 11 is 0. The molecule has 0 saturated carbocycles. The lowest BCUT2D eigenvalue weighted by molar-refractivity contribution is -0.580. The van der Waals surface area contributed by atoms with E-state index in [4.69, 9.17) is 4.74 Å². The van der Waals surface area contributed by atoms with Crippen LogP contribution < -0.4 is 0 Å². The predicted octanol–water partition coefficient (Wildman–Crippen LogP) is 1.46. The monoisotopic (exact) mass is 295 g/mol. The molecule has 0 N–H and O–H groups in total. The Balaban J connectivity index is 2.19. The van der Waals surface area contributed by atoms with E-state index in [1.54, 1.807) is 12.1 Å². The van der Waals surface area contributed by atoms with Crippen LogP contribution in [0, 0.1) is 20.2 Å². The molecule has 1 aliphatic rings. The second-order valence-electron chi connectivity index (χ2n) is 5.20. The first kappa shape index (κ1) is 15.3. The van der Waals surface area contributed by atoms with Gasteiger partial charge in [-0.2, -0.15) is 0 Å². The summed E-state index contributed by atoms with van der Waals surface area (Å²) in [5.74, 6) is 0. The van der Waals surface area contributed by atoms with Crippen LogP contribution in [0.25, 0.3) is 0 Å². The third-order valence-corrected chi connectivity index (χ3v) is 3.68. The highest BCUT2D eigenvalue weighted by Gasteiger charge is 2.47. The van der Waals surface area contributed by atoms with Gasteiger partial charge < -0.3 is 4.74 Å². The van der Waals surface area contributed by atoms with Gasteiger partial charge in [0.25, 0.3) is 11.2 Å². The first-order valence-corrected chi connectivity index (χ1v) is 6.65. The molecule has 0 aromatic heterocycles. The summed E-state index contributed by atoms with van der Waals surface area (Å²) in [5, 5.41) is 22.1. The number of rotatable bonds is 5. The van der Waals surface area contributed by atoms with Crippen molar-refractivity contribution in [1.82, 2.24) is 4.90 Å². The second-order valence-corrected chi connectivity index (χ2v) is 5.20. The Morgan fingerprint density at radius 3 is 2.48 bits per heavy atom. The van der Waals surface area contributed by atoms with Gasteiger partial charge in [0.15, 0.2) is 0 Å². The van der Waals surface area contributed by atoms with Gasteiger partial charge in [-0.05, 0) is 12.1 Å². The van der Waals surface area contributed by atoms with Gasteiger partial charge in [0.2, 0.25) is 0 Å². The summed E-state index contributed by atoms with van der Waals surface area (Å²) in [5.41, 5.74) is -0.535. The Morgan fingerprint density at radius 1 is 1.29 bits per heavy atom. The van der Waals surface area contributed by atoms with Gasteiger partial charge in [-0.15, -0.1) is 0 Å². The average Bonchev–Trinajstić information content (AvgIpc) is 2.47. The maximum Gasteiger partial charge on any atom is 0.269 e. The van der Waals surface area contributed by atoms with Gasteiger partial charge in [-0.3, -0.25) is 25.1 Å². The zero-order valence-electron chi connectivity index (χ0n) is 11.7. The maximum absolute atomic E-state index is 11.5. The summed E-state index contributed by atoms with van der Waals surface area (Å²) in [6.07, 6.45) is 0.189. The number of non-ortho nitro benzene ring substituents is 1. The Labute approximate surface area is 121 Å². The lowest BCUT2D eigenvalue weighted by atomic mass is 9.90. The van der Waals surface area contributed by atoms with E-state index in [0.717, 1.165) is 0 Å². The SMILES string of the molecule is CCN1COCC(Cc2ccc([N+](=O)[O-])cc2)([N+](=O)[O-])C1. The molecule has 0 spiro atoms. The molecule has 114 valence electrons. The Morgan fingerprint density at radius 2 is 1.95 bits per heavy atom. The minimum Gasteiger partial charge on any atom is -0.359 e. The zero-order valence-corrected chi connectivity index (χ0v) is 11.7. The van der Waals surface area contributed by atoms with Crippen molar-refractivity contribution in [3.63, 3.8) is 0 Å². The van der Waals surface area contributed by atoms with Gasteiger partial charge in [-0.25, -0.2) is 0 Å². The highest BCUT2D eigenvalue weighted by Crippen LogP contribution is 2.24. The number of likely N-dealkylation sites (N-methyl/N-ethyl adjacent to an activating group) is 1. The van der Waals surface area contributed by atoms with E-state index in [-0.39, 0.29) is 23.6 Å². The number of ether oxygens (including phenoxy) is 1. The summed E-state index contributed by atoms with van der Waals surface area (Å²) in [4.78, 5) is 23.2. The number of benzene rings is 1. The Kier molecular flexibility index (Phi) is 4.49. The molecule has 0 bridgehead atoms. The van der Waals surface area contributed by atoms with E-state index in [1.165, 1.54) is 12.1 Å². The highest BCUT2D eigenvalue weighted by atomic mass is 16.6. The first-order valence-electron chi connectivity index (χ1n) is 6.65. The molecule has 1 aromatic rings. The van der Waals surface area contributed by atoms with Crippen molar-refractivity contribution in [1.29, 1.82) is 0 Å². The van der Waals surface area contributed by atoms with Gasteiger partial charge >= 0.3 is 0 Å². The van der Waals surface area contributed by atoms with Crippen LogP contribution in [0.2, 0.25) is 0 Å². The van der Waals surface area contributed by atoms with Crippen molar-refractivity contribution in [3.8, 4) is 0 Å². The quantitative estimate of drug-likeness (QED) is 0.602. The van der Waals surface area contributed by atoms with E-state index >= 15 is 0 Å². The molecular formula is C13H17N3O5. The molecule has 1 heterocycles. The van der Waals surface area contributed by atoms with Gasteiger partial charge in [0.05, 0.1) is 18.2 Å². The van der Waals surface area contributed by atoms with Crippen molar-refractivity contribution in [2.24, 2.45) is 0 Å². The lowest BCUT2D eigenvalue weighted by Crippen LogP contribution is -2.58. The summed E-state index contributed by atoms with van der Waals surface area (Å²) < 4.78 is 5.36. The van der Waals surface area contributed by atoms with Crippen LogP contribution in [0.15, 0.2) is 24.3 Å². The topological polar surface area (TPSA) is 98.8 Å². The Bertz CT molecular complexity index is 533. The molecule has 1 unspecified atom stereocenters. The van der Waals surface area contributed by atoms with Crippen molar-refractivity contribution < 1.29 is 14.6 Å². The van der Waals surface area contributed by atoms with E-state index in [1.807, 2.05) is 11.8 Å². The number of nitro benzene ring substituents is 1. The molecule has 1 aromatic carbocycles. The molecule has 1 aliphatic heterocycles. The Hall–Kier alpha value is -2.06. The molecule has 0 radical (unpaired) electrons. The number of hydrogen-bond donors (Lipinski definition) is 0. The van der Waals surface area contributed by atoms with E-state index < -0.39 is 10.5 Å². The largest absolute Gasteiger partial charge is 0.359 e. The molecule has 1 atom stereocenters. The van der Waals surface area contributed by atoms with Crippen molar-refractivity contribution >= 4 is 5.69 Å². The van der Waals surface area contributed by atoms with Crippen LogP contribution in [0.3, 0.4) is 0 Å². The first-order chi connectivity index (χ1) is 9.97. The third kappa shape index (κ3) is 3.34. The predicted molar refractivity (Wildman–Crippen MR) is 74.6 cm³/mol. The van der Waals surface area contributed by atoms with Crippen LogP contribution in [-0.2, 0) is 11.2 Å². The average molecular weight is 295 g/mol. The van der Waals surface area contributed by atoms with Crippen molar-refractivity contribution in [2.75, 3.05) is 26.4 Å². The van der Waals surface area contributed by atoms with Crippen LogP contribution in [0.4, 0.5) is 5.69 Å². The molecule has 2 rings (SSSR count). The van der Waals surface area contributed by atoms with Crippen molar-refractivity contribution in [2.45, 2.75) is 18.9 Å². The summed E-state index contributed by atoms with van der Waals surface area (Å²) in [6.45, 7) is 3.36. The standard InChI is InChI=1S/C13H17N3O5/c1-2-14-8-13(16(19)20,9-21-10-14)7-11-3-5-12(6-4-11)15(17)18/h3-6H,2,7-10H2,1H3. The van der Waals surface area contributed by atoms with Crippen LogP contribution in [0.1, 0.15) is 12.5 Å². The fourth-order valence-electron chi connectivity index (χ4n) is 2.47. The molecule has 8 nitrogen and oxygen atoms in total. The summed E-state index contributed by atoms with van der Waals surface area (Å²) in [7, 11) is 0. The van der Waals surface area contributed by atoms with Crippen LogP contribution >= 0.6 is 0 Å². The molecule has 0 amide bonds. The molecule has 1 saturated heterocycles. The van der Waals surface area contributed by atoms with E-state index in [2.05, 4.69) is 0 Å². The van der Waals surface area contributed by atoms with Gasteiger partial charge in [0.1, 0.15) is 6.61 Å².